The second kappa shape index (κ2) is 12.5. The highest BCUT2D eigenvalue weighted by atomic mass is 35.5. The number of pyridine rings is 1. The van der Waals surface area contributed by atoms with Gasteiger partial charge in [-0.2, -0.15) is 5.10 Å². The van der Waals surface area contributed by atoms with Crippen molar-refractivity contribution in [3.63, 3.8) is 0 Å². The molecule has 0 aliphatic heterocycles. The molecule has 0 aliphatic carbocycles. The number of rotatable bonds is 8. The Morgan fingerprint density at radius 1 is 1.08 bits per heavy atom. The maximum atomic E-state index is 13.3. The predicted octanol–water partition coefficient (Wildman–Crippen LogP) is 4.42. The zero-order valence-corrected chi connectivity index (χ0v) is 21.1. The number of halogens is 1. The number of terminal acetylenes is 1. The van der Waals surface area contributed by atoms with Gasteiger partial charge in [0, 0.05) is 43.1 Å². The van der Waals surface area contributed by atoms with E-state index in [2.05, 4.69) is 26.2 Å². The van der Waals surface area contributed by atoms with Crippen molar-refractivity contribution in [3.05, 3.63) is 88.6 Å². The lowest BCUT2D eigenvalue weighted by Crippen LogP contribution is -2.40. The molecule has 1 N–H and O–H groups in total. The normalized spacial score (nSPS) is 10.8. The van der Waals surface area contributed by atoms with E-state index in [1.807, 2.05) is 38.3 Å². The monoisotopic (exact) mass is 502 g/mol. The van der Waals surface area contributed by atoms with Crippen LogP contribution in [-0.2, 0) is 0 Å². The largest absolute Gasteiger partial charge is 0.334 e. The van der Waals surface area contributed by atoms with Gasteiger partial charge in [0.1, 0.15) is 5.82 Å². The third-order valence-corrected chi connectivity index (χ3v) is 5.28. The van der Waals surface area contributed by atoms with Gasteiger partial charge in [0.2, 0.25) is 0 Å². The summed E-state index contributed by atoms with van der Waals surface area (Å²) in [5.41, 5.74) is 2.14. The molecule has 0 unspecified atom stereocenters. The minimum absolute atomic E-state index is 0.123. The smallest absolute Gasteiger partial charge is 0.308 e. The Hall–Kier alpha value is -4.19. The molecule has 0 fully saturated rings. The molecule has 0 atom stereocenters. The molecule has 36 heavy (non-hydrogen) atoms. The highest BCUT2D eigenvalue weighted by Gasteiger charge is 2.26. The molecule has 0 radical (unpaired) electrons. The molecular weight excluding hydrogens is 476 g/mol. The van der Waals surface area contributed by atoms with Gasteiger partial charge in [0.05, 0.1) is 11.2 Å². The van der Waals surface area contributed by atoms with E-state index in [1.165, 1.54) is 12.3 Å². The molecular formula is C27H27ClN6O2. The van der Waals surface area contributed by atoms with Crippen LogP contribution in [0.3, 0.4) is 0 Å². The standard InChI is InChI=1S/C27H27ClN6O2/c1-5-20-7-6-8-22(17-20)26(35)34(25-14-11-23(28)19-29-25)27(36)31-24-12-9-21(10-13-24)18-30-33(4)16-15-32(2)3/h1,6-14,17-19H,15-16H2,2-4H3,(H,31,36). The van der Waals surface area contributed by atoms with E-state index in [-0.39, 0.29) is 11.4 Å². The van der Waals surface area contributed by atoms with Gasteiger partial charge in [-0.15, -0.1) is 6.42 Å². The number of imide groups is 1. The Balaban J connectivity index is 1.78. The number of benzene rings is 2. The third-order valence-electron chi connectivity index (χ3n) is 5.06. The van der Waals surface area contributed by atoms with E-state index in [0.717, 1.165) is 23.6 Å². The van der Waals surface area contributed by atoms with Crippen molar-refractivity contribution in [1.82, 2.24) is 14.9 Å². The lowest BCUT2D eigenvalue weighted by Gasteiger charge is -2.21. The van der Waals surface area contributed by atoms with Gasteiger partial charge >= 0.3 is 6.03 Å². The summed E-state index contributed by atoms with van der Waals surface area (Å²) in [5.74, 6) is 2.03. The minimum atomic E-state index is -0.675. The van der Waals surface area contributed by atoms with Crippen molar-refractivity contribution in [2.24, 2.45) is 5.10 Å². The number of carbonyl (C=O) groups excluding carboxylic acids is 2. The van der Waals surface area contributed by atoms with E-state index in [4.69, 9.17) is 18.0 Å². The number of nitrogens with one attached hydrogen (secondary N) is 1. The average Bonchev–Trinajstić information content (AvgIpc) is 2.88. The molecule has 0 spiro atoms. The Morgan fingerprint density at radius 3 is 2.47 bits per heavy atom. The number of hydrogen-bond donors (Lipinski definition) is 1. The Kier molecular flexibility index (Phi) is 9.17. The Morgan fingerprint density at radius 2 is 1.83 bits per heavy atom. The van der Waals surface area contributed by atoms with Crippen LogP contribution in [0.25, 0.3) is 0 Å². The molecule has 9 heteroatoms. The van der Waals surface area contributed by atoms with Gasteiger partial charge in [-0.25, -0.2) is 14.7 Å². The van der Waals surface area contributed by atoms with Gasteiger partial charge < -0.3 is 10.2 Å². The minimum Gasteiger partial charge on any atom is -0.308 e. The first-order chi connectivity index (χ1) is 17.3. The summed E-state index contributed by atoms with van der Waals surface area (Å²) in [4.78, 5) is 33.8. The van der Waals surface area contributed by atoms with Crippen molar-refractivity contribution >= 4 is 41.3 Å². The van der Waals surface area contributed by atoms with Crippen molar-refractivity contribution in [3.8, 4) is 12.3 Å². The summed E-state index contributed by atoms with van der Waals surface area (Å²) in [6, 6.07) is 16.0. The summed E-state index contributed by atoms with van der Waals surface area (Å²) in [7, 11) is 5.93. The van der Waals surface area contributed by atoms with Crippen molar-refractivity contribution in [1.29, 1.82) is 0 Å². The molecule has 0 saturated heterocycles. The fourth-order valence-electron chi connectivity index (χ4n) is 3.07. The first-order valence-electron chi connectivity index (χ1n) is 11.1. The highest BCUT2D eigenvalue weighted by Crippen LogP contribution is 2.20. The first kappa shape index (κ1) is 26.4. The van der Waals surface area contributed by atoms with Crippen LogP contribution in [0.5, 0.6) is 0 Å². The number of aromatic nitrogens is 1. The summed E-state index contributed by atoms with van der Waals surface area (Å²) in [5, 5.41) is 9.40. The molecule has 1 aromatic heterocycles. The first-order valence-corrected chi connectivity index (χ1v) is 11.5. The summed E-state index contributed by atoms with van der Waals surface area (Å²) >= 11 is 5.95. The van der Waals surface area contributed by atoms with E-state index < -0.39 is 11.9 Å². The van der Waals surface area contributed by atoms with Crippen LogP contribution < -0.4 is 10.2 Å². The SMILES string of the molecule is C#Cc1cccc(C(=O)N(C(=O)Nc2ccc(C=NN(C)CCN(C)C)cc2)c2ccc(Cl)cn2)c1. The van der Waals surface area contributed by atoms with Crippen LogP contribution in [-0.4, -0.2) is 67.3 Å². The molecule has 2 aromatic carbocycles. The average molecular weight is 503 g/mol. The number of urea groups is 1. The van der Waals surface area contributed by atoms with E-state index in [1.54, 1.807) is 48.7 Å². The van der Waals surface area contributed by atoms with E-state index in [0.29, 0.717) is 16.3 Å². The molecule has 0 bridgehead atoms. The number of amides is 3. The molecule has 0 saturated carbocycles. The fourth-order valence-corrected chi connectivity index (χ4v) is 3.18. The fraction of sp³-hybridized carbons (Fsp3) is 0.185. The van der Waals surface area contributed by atoms with Crippen molar-refractivity contribution < 1.29 is 9.59 Å². The highest BCUT2D eigenvalue weighted by molar-refractivity contribution is 6.30. The van der Waals surface area contributed by atoms with E-state index in [9.17, 15) is 9.59 Å². The lowest BCUT2D eigenvalue weighted by molar-refractivity contribution is 0.0995. The second-order valence-electron chi connectivity index (χ2n) is 8.18. The molecule has 3 amide bonds. The van der Waals surface area contributed by atoms with Crippen LogP contribution in [0.15, 0.2) is 72.0 Å². The van der Waals surface area contributed by atoms with Crippen LogP contribution in [0, 0.1) is 12.3 Å². The van der Waals surface area contributed by atoms with Crippen LogP contribution in [0.2, 0.25) is 5.02 Å². The van der Waals surface area contributed by atoms with Gasteiger partial charge in [-0.1, -0.05) is 35.7 Å². The number of hydrazone groups is 1. The number of likely N-dealkylation sites (N-methyl/N-ethyl adjacent to an activating group) is 2. The molecule has 3 aromatic rings. The van der Waals surface area contributed by atoms with Crippen molar-refractivity contribution in [2.75, 3.05) is 44.4 Å². The lowest BCUT2D eigenvalue weighted by atomic mass is 10.1. The van der Waals surface area contributed by atoms with Gasteiger partial charge in [-0.05, 0) is 62.1 Å². The quantitative estimate of drug-likeness (QED) is 0.280. The third kappa shape index (κ3) is 7.40. The molecule has 1 heterocycles. The predicted molar refractivity (Wildman–Crippen MR) is 145 cm³/mol. The van der Waals surface area contributed by atoms with Crippen LogP contribution in [0.4, 0.5) is 16.3 Å². The van der Waals surface area contributed by atoms with E-state index >= 15 is 0 Å². The zero-order valence-electron chi connectivity index (χ0n) is 20.4. The summed E-state index contributed by atoms with van der Waals surface area (Å²) in [6.07, 6.45) is 8.58. The molecule has 0 aliphatic rings. The van der Waals surface area contributed by atoms with Gasteiger partial charge in [-0.3, -0.25) is 9.80 Å². The van der Waals surface area contributed by atoms with Crippen LogP contribution in [0.1, 0.15) is 21.5 Å². The summed E-state index contributed by atoms with van der Waals surface area (Å²) < 4.78 is 0. The number of hydrogen-bond acceptors (Lipinski definition) is 6. The molecule has 184 valence electrons. The van der Waals surface area contributed by atoms with Crippen LogP contribution >= 0.6 is 11.6 Å². The zero-order chi connectivity index (χ0) is 26.1. The van der Waals surface area contributed by atoms with Crippen molar-refractivity contribution in [2.45, 2.75) is 0 Å². The van der Waals surface area contributed by atoms with Gasteiger partial charge in [0.25, 0.3) is 5.91 Å². The number of anilines is 2. The number of carbonyl (C=O) groups is 2. The number of nitrogens with zero attached hydrogens (tertiary/aromatic N) is 5. The maximum Gasteiger partial charge on any atom is 0.334 e. The molecule has 8 nitrogen and oxygen atoms in total. The summed E-state index contributed by atoms with van der Waals surface area (Å²) in [6.45, 7) is 1.69. The molecule has 3 rings (SSSR count). The Bertz CT molecular complexity index is 1270. The topological polar surface area (TPSA) is 81.1 Å². The van der Waals surface area contributed by atoms with Gasteiger partial charge in [0.15, 0.2) is 0 Å². The Labute approximate surface area is 216 Å². The second-order valence-corrected chi connectivity index (χ2v) is 8.62. The maximum absolute atomic E-state index is 13.3.